The third-order valence-corrected chi connectivity index (χ3v) is 7.89. The van der Waals surface area contributed by atoms with Crippen molar-refractivity contribution in [3.8, 4) is 6.07 Å². The predicted octanol–water partition coefficient (Wildman–Crippen LogP) is 5.74. The van der Waals surface area contributed by atoms with Crippen molar-refractivity contribution < 1.29 is 4.79 Å². The van der Waals surface area contributed by atoms with Crippen LogP contribution >= 0.6 is 34.7 Å². The second kappa shape index (κ2) is 7.91. The van der Waals surface area contributed by atoms with Crippen LogP contribution < -0.4 is 10.6 Å². The van der Waals surface area contributed by atoms with Crippen molar-refractivity contribution in [1.82, 2.24) is 0 Å². The van der Waals surface area contributed by atoms with Crippen molar-refractivity contribution in [2.75, 3.05) is 11.2 Å². The van der Waals surface area contributed by atoms with Crippen LogP contribution in [0.3, 0.4) is 0 Å². The molecular formula is C22H20ClN3OS2. The normalized spacial score (nSPS) is 19.4. The molecule has 2 aliphatic rings. The largest absolute Gasteiger partial charge is 0.384 e. The molecule has 1 atom stereocenters. The van der Waals surface area contributed by atoms with Crippen LogP contribution in [0, 0.1) is 18.3 Å². The molecule has 4 rings (SSSR count). The zero-order valence-corrected chi connectivity index (χ0v) is 18.5. The van der Waals surface area contributed by atoms with Gasteiger partial charge in [-0.15, -0.1) is 23.1 Å². The summed E-state index contributed by atoms with van der Waals surface area (Å²) in [6, 6.07) is 11.8. The molecule has 0 radical (unpaired) electrons. The number of allylic oxidation sites excluding steroid dienone is 3. The van der Waals surface area contributed by atoms with E-state index in [2.05, 4.69) is 12.1 Å². The molecule has 4 nitrogen and oxygen atoms in total. The zero-order chi connectivity index (χ0) is 20.7. The van der Waals surface area contributed by atoms with Gasteiger partial charge in [0.25, 0.3) is 0 Å². The lowest BCUT2D eigenvalue weighted by atomic mass is 9.76. The molecule has 148 valence electrons. The Balaban J connectivity index is 2.01. The van der Waals surface area contributed by atoms with Crippen LogP contribution in [0.15, 0.2) is 57.2 Å². The smallest absolute Gasteiger partial charge is 0.161 e. The molecule has 0 amide bonds. The molecule has 29 heavy (non-hydrogen) atoms. The first-order valence-corrected chi connectivity index (χ1v) is 11.7. The number of ketones is 1. The summed E-state index contributed by atoms with van der Waals surface area (Å²) in [7, 11) is 0. The Kier molecular flexibility index (Phi) is 5.48. The summed E-state index contributed by atoms with van der Waals surface area (Å²) < 4.78 is 1.12. The highest BCUT2D eigenvalue weighted by molar-refractivity contribution is 8.00. The number of hydrogen-bond acceptors (Lipinski definition) is 6. The maximum Gasteiger partial charge on any atom is 0.161 e. The van der Waals surface area contributed by atoms with Crippen LogP contribution in [0.1, 0.15) is 35.6 Å². The Hall–Kier alpha value is -2.20. The minimum absolute atomic E-state index is 0.0875. The van der Waals surface area contributed by atoms with Gasteiger partial charge >= 0.3 is 0 Å². The van der Waals surface area contributed by atoms with Gasteiger partial charge in [0.05, 0.1) is 32.5 Å². The number of rotatable bonds is 3. The van der Waals surface area contributed by atoms with E-state index in [1.54, 1.807) is 29.2 Å². The second-order valence-corrected chi connectivity index (χ2v) is 9.81. The van der Waals surface area contributed by atoms with Crippen LogP contribution in [-0.2, 0) is 4.79 Å². The fourth-order valence-corrected chi connectivity index (χ4v) is 6.31. The van der Waals surface area contributed by atoms with Gasteiger partial charge in [0.2, 0.25) is 0 Å². The number of carbonyl (C=O) groups excluding carboxylic acids is 1. The van der Waals surface area contributed by atoms with E-state index in [-0.39, 0.29) is 5.78 Å². The number of anilines is 1. The molecule has 2 N–H and O–H groups in total. The number of nitrogens with zero attached hydrogens (tertiary/aromatic N) is 2. The highest BCUT2D eigenvalue weighted by Gasteiger charge is 2.41. The predicted molar refractivity (Wildman–Crippen MR) is 120 cm³/mol. The summed E-state index contributed by atoms with van der Waals surface area (Å²) in [4.78, 5) is 16.1. The van der Waals surface area contributed by atoms with Gasteiger partial charge in [0.15, 0.2) is 5.78 Å². The summed E-state index contributed by atoms with van der Waals surface area (Å²) in [6.07, 6.45) is 3.99. The van der Waals surface area contributed by atoms with Crippen molar-refractivity contribution >= 4 is 46.2 Å². The van der Waals surface area contributed by atoms with E-state index in [4.69, 9.17) is 17.3 Å². The van der Waals surface area contributed by atoms with Gasteiger partial charge in [-0.1, -0.05) is 23.7 Å². The number of halogens is 1. The van der Waals surface area contributed by atoms with Crippen molar-refractivity contribution in [1.29, 1.82) is 5.26 Å². The molecule has 1 aromatic carbocycles. The number of aryl methyl sites for hydroxylation is 1. The Morgan fingerprint density at radius 2 is 2.10 bits per heavy atom. The van der Waals surface area contributed by atoms with Crippen molar-refractivity contribution in [2.24, 2.45) is 5.73 Å². The van der Waals surface area contributed by atoms with Crippen LogP contribution in [0.2, 0.25) is 5.02 Å². The lowest BCUT2D eigenvalue weighted by molar-refractivity contribution is -0.116. The Bertz CT molecular complexity index is 1110. The third-order valence-electron chi connectivity index (χ3n) is 5.35. The lowest BCUT2D eigenvalue weighted by Crippen LogP contribution is -2.38. The van der Waals surface area contributed by atoms with E-state index >= 15 is 0 Å². The topological polar surface area (TPSA) is 70.1 Å². The highest BCUT2D eigenvalue weighted by atomic mass is 35.5. The summed E-state index contributed by atoms with van der Waals surface area (Å²) in [6.45, 7) is 2.05. The molecule has 1 unspecified atom stereocenters. The fraction of sp³-hybridized carbons (Fsp3) is 0.273. The molecule has 1 aliphatic carbocycles. The molecule has 0 bridgehead atoms. The maximum absolute atomic E-state index is 13.2. The molecule has 0 saturated heterocycles. The quantitative estimate of drug-likeness (QED) is 0.615. The van der Waals surface area contributed by atoms with E-state index in [0.29, 0.717) is 34.1 Å². The molecule has 7 heteroatoms. The summed E-state index contributed by atoms with van der Waals surface area (Å²) in [5.41, 5.74) is 10.3. The monoisotopic (exact) mass is 441 g/mol. The van der Waals surface area contributed by atoms with Gasteiger partial charge in [0.1, 0.15) is 5.82 Å². The van der Waals surface area contributed by atoms with Gasteiger partial charge in [-0.3, -0.25) is 9.69 Å². The number of nitriles is 1. The first kappa shape index (κ1) is 20.1. The number of thioether (sulfide) groups is 1. The van der Waals surface area contributed by atoms with E-state index in [1.165, 1.54) is 0 Å². The molecule has 0 fully saturated rings. The van der Waals surface area contributed by atoms with Gasteiger partial charge in [0, 0.05) is 22.6 Å². The first-order chi connectivity index (χ1) is 14.0. The number of thiophene rings is 1. The maximum atomic E-state index is 13.2. The number of nitrogens with two attached hydrogens (primary N) is 1. The van der Waals surface area contributed by atoms with Crippen LogP contribution in [-0.4, -0.2) is 12.0 Å². The summed E-state index contributed by atoms with van der Waals surface area (Å²) in [5, 5.41) is 10.6. The average molecular weight is 442 g/mol. The minimum Gasteiger partial charge on any atom is -0.384 e. The van der Waals surface area contributed by atoms with E-state index < -0.39 is 5.92 Å². The van der Waals surface area contributed by atoms with Crippen LogP contribution in [0.5, 0.6) is 0 Å². The van der Waals surface area contributed by atoms with E-state index in [9.17, 15) is 10.1 Å². The van der Waals surface area contributed by atoms with Crippen LogP contribution in [0.4, 0.5) is 5.69 Å². The van der Waals surface area contributed by atoms with Gasteiger partial charge in [-0.05, 0) is 49.8 Å². The molecule has 1 aromatic heterocycles. The van der Waals surface area contributed by atoms with Crippen molar-refractivity contribution in [3.63, 3.8) is 0 Å². The second-order valence-electron chi connectivity index (χ2n) is 7.07. The van der Waals surface area contributed by atoms with E-state index in [0.717, 1.165) is 33.2 Å². The zero-order valence-electron chi connectivity index (χ0n) is 16.2. The van der Waals surface area contributed by atoms with Crippen molar-refractivity contribution in [2.45, 2.75) is 36.3 Å². The van der Waals surface area contributed by atoms with Crippen molar-refractivity contribution in [3.05, 3.63) is 68.5 Å². The molecule has 1 aliphatic heterocycles. The summed E-state index contributed by atoms with van der Waals surface area (Å²) >= 11 is 9.80. The Morgan fingerprint density at radius 1 is 1.34 bits per heavy atom. The molecule has 0 saturated carbocycles. The number of carbonyl (C=O) groups is 1. The van der Waals surface area contributed by atoms with Gasteiger partial charge < -0.3 is 5.73 Å². The number of hydrogen-bond donors (Lipinski definition) is 1. The number of benzene rings is 1. The molecule has 0 spiro atoms. The molecule has 2 aromatic rings. The SMILES string of the molecule is CSc1sc(C)cc1C1C(C#N)=C(N)N(c2ccccc2Cl)C2=C1C(=O)CCC2. The van der Waals surface area contributed by atoms with Crippen LogP contribution in [0.25, 0.3) is 0 Å². The molecule has 2 heterocycles. The number of Topliss-reactive ketones (excluding diaryl/α,β-unsaturated/α-hetero) is 1. The third kappa shape index (κ3) is 3.28. The number of para-hydroxylation sites is 1. The molecular weight excluding hydrogens is 422 g/mol. The summed E-state index contributed by atoms with van der Waals surface area (Å²) in [5.74, 6) is 0.0216. The minimum atomic E-state index is -0.422. The Morgan fingerprint density at radius 3 is 2.79 bits per heavy atom. The van der Waals surface area contributed by atoms with E-state index in [1.807, 2.05) is 36.3 Å². The van der Waals surface area contributed by atoms with Gasteiger partial charge in [-0.2, -0.15) is 5.26 Å². The fourth-order valence-electron chi connectivity index (χ4n) is 4.18. The Labute approximate surface area is 183 Å². The standard InChI is InChI=1S/C22H20ClN3OS2/c1-12-10-13(22(28-2)29-12)19-14(11-24)21(25)26(16-7-4-3-6-15(16)23)17-8-5-9-18(27)20(17)19/h3-4,6-7,10,19H,5,8-9,25H2,1-2H3. The first-order valence-electron chi connectivity index (χ1n) is 9.32. The highest BCUT2D eigenvalue weighted by Crippen LogP contribution is 2.50. The average Bonchev–Trinajstić information content (AvgIpc) is 3.08. The van der Waals surface area contributed by atoms with Gasteiger partial charge in [-0.25, -0.2) is 0 Å². The lowest BCUT2D eigenvalue weighted by Gasteiger charge is -2.39.